The Morgan fingerprint density at radius 2 is 1.69 bits per heavy atom. The number of carbonyl (C=O) groups excluding carboxylic acids is 1. The second-order valence-electron chi connectivity index (χ2n) is 6.50. The monoisotopic (exact) mass is 401 g/mol. The minimum atomic E-state index is -0.228. The van der Waals surface area contributed by atoms with Crippen molar-refractivity contribution in [2.45, 2.75) is 26.2 Å². The van der Waals surface area contributed by atoms with Crippen molar-refractivity contribution >= 4 is 17.4 Å². The molecule has 0 aliphatic rings. The van der Waals surface area contributed by atoms with E-state index in [1.807, 2.05) is 24.3 Å². The van der Waals surface area contributed by atoms with Crippen molar-refractivity contribution < 1.29 is 19.0 Å². The van der Waals surface area contributed by atoms with Gasteiger partial charge in [0, 0.05) is 37.6 Å². The molecule has 0 unspecified atom stereocenters. The summed E-state index contributed by atoms with van der Waals surface area (Å²) in [7, 11) is 3.24. The maximum atomic E-state index is 12.0. The molecule has 0 saturated heterocycles. The molecular formula is C22H31N3O4. The van der Waals surface area contributed by atoms with Gasteiger partial charge in [-0.05, 0) is 42.8 Å². The van der Waals surface area contributed by atoms with Crippen molar-refractivity contribution in [1.29, 1.82) is 0 Å². The van der Waals surface area contributed by atoms with Crippen molar-refractivity contribution in [3.8, 4) is 17.2 Å². The van der Waals surface area contributed by atoms with Crippen LogP contribution in [0.2, 0.25) is 0 Å². The number of urea groups is 1. The minimum absolute atomic E-state index is 0.228. The lowest BCUT2D eigenvalue weighted by molar-refractivity contribution is 0.211. The van der Waals surface area contributed by atoms with Gasteiger partial charge in [0.2, 0.25) is 0 Å². The Balaban J connectivity index is 1.93. The zero-order valence-electron chi connectivity index (χ0n) is 17.4. The molecule has 0 aliphatic heterocycles. The zero-order valence-corrected chi connectivity index (χ0v) is 17.4. The number of unbranched alkanes of at least 4 members (excludes halogenated alkanes) is 2. The predicted molar refractivity (Wildman–Crippen MR) is 116 cm³/mol. The summed E-state index contributed by atoms with van der Waals surface area (Å²) in [6.07, 6.45) is 3.19. The highest BCUT2D eigenvalue weighted by molar-refractivity contribution is 5.89. The van der Waals surface area contributed by atoms with Crippen LogP contribution in [0.1, 0.15) is 26.2 Å². The number of carbonyl (C=O) groups is 1. The second-order valence-corrected chi connectivity index (χ2v) is 6.50. The average molecular weight is 402 g/mol. The van der Waals surface area contributed by atoms with Crippen LogP contribution in [0.15, 0.2) is 42.5 Å². The summed E-state index contributed by atoms with van der Waals surface area (Å²) in [6.45, 7) is 4.18. The fraction of sp³-hybridized carbons (Fsp3) is 0.409. The van der Waals surface area contributed by atoms with Gasteiger partial charge in [-0.3, -0.25) is 0 Å². The van der Waals surface area contributed by atoms with Crippen LogP contribution in [-0.2, 0) is 4.74 Å². The predicted octanol–water partition coefficient (Wildman–Crippen LogP) is 4.86. The molecule has 29 heavy (non-hydrogen) atoms. The number of benzene rings is 2. The Hall–Kier alpha value is -2.93. The molecule has 0 spiro atoms. The van der Waals surface area contributed by atoms with Crippen molar-refractivity contribution in [3.05, 3.63) is 42.5 Å². The summed E-state index contributed by atoms with van der Waals surface area (Å²) < 4.78 is 16.4. The Morgan fingerprint density at radius 1 is 0.931 bits per heavy atom. The molecule has 0 aromatic heterocycles. The van der Waals surface area contributed by atoms with E-state index in [0.717, 1.165) is 31.5 Å². The van der Waals surface area contributed by atoms with Crippen LogP contribution < -0.4 is 25.4 Å². The Bertz CT molecular complexity index is 750. The topological polar surface area (TPSA) is 80.9 Å². The van der Waals surface area contributed by atoms with Crippen LogP contribution >= 0.6 is 0 Å². The lowest BCUT2D eigenvalue weighted by atomic mass is 10.2. The Morgan fingerprint density at radius 3 is 2.38 bits per heavy atom. The fourth-order valence-corrected chi connectivity index (χ4v) is 2.65. The van der Waals surface area contributed by atoms with Gasteiger partial charge in [-0.2, -0.15) is 0 Å². The molecule has 0 heterocycles. The second kappa shape index (κ2) is 12.5. The van der Waals surface area contributed by atoms with Crippen LogP contribution in [0.3, 0.4) is 0 Å². The van der Waals surface area contributed by atoms with Crippen molar-refractivity contribution in [3.63, 3.8) is 0 Å². The third kappa shape index (κ3) is 7.91. The van der Waals surface area contributed by atoms with Gasteiger partial charge in [0.15, 0.2) is 11.5 Å². The van der Waals surface area contributed by atoms with E-state index in [0.29, 0.717) is 36.1 Å². The van der Waals surface area contributed by atoms with E-state index in [1.165, 1.54) is 0 Å². The van der Waals surface area contributed by atoms with Gasteiger partial charge in [-0.1, -0.05) is 19.8 Å². The normalized spacial score (nSPS) is 10.3. The van der Waals surface area contributed by atoms with Gasteiger partial charge < -0.3 is 30.2 Å². The molecule has 0 radical (unpaired) electrons. The Labute approximate surface area is 172 Å². The molecule has 3 N–H and O–H groups in total. The average Bonchev–Trinajstić information content (AvgIpc) is 2.73. The molecule has 0 bridgehead atoms. The largest absolute Gasteiger partial charge is 0.493 e. The highest BCUT2D eigenvalue weighted by Crippen LogP contribution is 2.34. The summed E-state index contributed by atoms with van der Waals surface area (Å²) in [5.41, 5.74) is 1.63. The minimum Gasteiger partial charge on any atom is -0.493 e. The van der Waals surface area contributed by atoms with Gasteiger partial charge in [0.05, 0.1) is 13.7 Å². The van der Waals surface area contributed by atoms with Gasteiger partial charge in [0.1, 0.15) is 5.75 Å². The van der Waals surface area contributed by atoms with E-state index < -0.39 is 0 Å². The number of anilines is 2. The summed E-state index contributed by atoms with van der Waals surface area (Å²) in [5, 5.41) is 8.91. The third-order valence-electron chi connectivity index (χ3n) is 4.20. The van der Waals surface area contributed by atoms with E-state index in [9.17, 15) is 4.79 Å². The first-order valence-electron chi connectivity index (χ1n) is 9.90. The fourth-order valence-electron chi connectivity index (χ4n) is 2.65. The molecule has 0 aliphatic carbocycles. The Kier molecular flexibility index (Phi) is 9.65. The molecule has 2 aromatic rings. The number of methoxy groups -OCH3 is 2. The molecule has 158 valence electrons. The van der Waals surface area contributed by atoms with Crippen LogP contribution in [0, 0.1) is 0 Å². The van der Waals surface area contributed by atoms with Gasteiger partial charge in [-0.15, -0.1) is 0 Å². The summed E-state index contributed by atoms with van der Waals surface area (Å²) in [5.74, 6) is 1.80. The highest BCUT2D eigenvalue weighted by Gasteiger charge is 2.09. The molecular weight excluding hydrogens is 370 g/mol. The van der Waals surface area contributed by atoms with E-state index in [4.69, 9.17) is 14.2 Å². The first-order valence-corrected chi connectivity index (χ1v) is 9.90. The van der Waals surface area contributed by atoms with Crippen LogP contribution in [0.25, 0.3) is 0 Å². The molecule has 7 heteroatoms. The maximum Gasteiger partial charge on any atom is 0.319 e. The quantitative estimate of drug-likeness (QED) is 0.443. The summed E-state index contributed by atoms with van der Waals surface area (Å²) in [6, 6.07) is 12.7. The van der Waals surface area contributed by atoms with E-state index in [2.05, 4.69) is 22.9 Å². The van der Waals surface area contributed by atoms with E-state index >= 15 is 0 Å². The summed E-state index contributed by atoms with van der Waals surface area (Å²) in [4.78, 5) is 12.0. The van der Waals surface area contributed by atoms with Gasteiger partial charge in [0.25, 0.3) is 0 Å². The van der Waals surface area contributed by atoms with Crippen LogP contribution in [0.5, 0.6) is 17.2 Å². The molecule has 0 saturated carbocycles. The lowest BCUT2D eigenvalue weighted by Crippen LogP contribution is -2.29. The smallest absolute Gasteiger partial charge is 0.319 e. The number of ether oxygens (including phenoxy) is 3. The van der Waals surface area contributed by atoms with Gasteiger partial charge >= 0.3 is 6.03 Å². The van der Waals surface area contributed by atoms with Crippen molar-refractivity contribution in [2.24, 2.45) is 0 Å². The standard InChI is InChI=1S/C22H31N3O4/c1-4-5-6-13-24-22(26)25-18-9-12-20(21(16-18)28-3)29-19-10-7-17(8-11-19)23-14-15-27-2/h7-12,16,23H,4-6,13-15H2,1-3H3,(H2,24,25,26). The van der Waals surface area contributed by atoms with Gasteiger partial charge in [-0.25, -0.2) is 4.79 Å². The molecule has 2 aromatic carbocycles. The van der Waals surface area contributed by atoms with E-state index in [-0.39, 0.29) is 6.03 Å². The van der Waals surface area contributed by atoms with Crippen LogP contribution in [0.4, 0.5) is 16.2 Å². The third-order valence-corrected chi connectivity index (χ3v) is 4.20. The number of rotatable bonds is 12. The molecule has 0 atom stereocenters. The van der Waals surface area contributed by atoms with Crippen molar-refractivity contribution in [1.82, 2.24) is 5.32 Å². The lowest BCUT2D eigenvalue weighted by Gasteiger charge is -2.13. The SMILES string of the molecule is CCCCCNC(=O)Nc1ccc(Oc2ccc(NCCOC)cc2)c(OC)c1. The number of hydrogen-bond acceptors (Lipinski definition) is 5. The highest BCUT2D eigenvalue weighted by atomic mass is 16.5. The molecule has 2 amide bonds. The van der Waals surface area contributed by atoms with Crippen molar-refractivity contribution in [2.75, 3.05) is 44.5 Å². The molecule has 7 nitrogen and oxygen atoms in total. The summed E-state index contributed by atoms with van der Waals surface area (Å²) >= 11 is 0. The maximum absolute atomic E-state index is 12.0. The number of amides is 2. The molecule has 2 rings (SSSR count). The van der Waals surface area contributed by atoms with E-state index in [1.54, 1.807) is 32.4 Å². The first-order chi connectivity index (χ1) is 14.2. The first kappa shape index (κ1) is 22.4. The number of hydrogen-bond donors (Lipinski definition) is 3. The van der Waals surface area contributed by atoms with Crippen LogP contribution in [-0.4, -0.2) is 39.9 Å². The number of nitrogens with one attached hydrogen (secondary N) is 3. The molecule has 0 fully saturated rings. The zero-order chi connectivity index (χ0) is 20.9.